The first kappa shape index (κ1) is 11.2. The van der Waals surface area contributed by atoms with Crippen molar-refractivity contribution in [1.82, 2.24) is 20.3 Å². The van der Waals surface area contributed by atoms with Gasteiger partial charge < -0.3 is 5.32 Å². The lowest BCUT2D eigenvalue weighted by molar-refractivity contribution is 0.434. The van der Waals surface area contributed by atoms with E-state index in [9.17, 15) is 0 Å². The molecule has 1 N–H and O–H groups in total. The zero-order valence-corrected chi connectivity index (χ0v) is 9.49. The maximum atomic E-state index is 3.95. The van der Waals surface area contributed by atoms with Gasteiger partial charge >= 0.3 is 0 Å². The molecular weight excluding hydrogens is 176 g/mol. The molecule has 2 atom stereocenters. The lowest BCUT2D eigenvalue weighted by atomic mass is 9.93. The SMILES string of the molecule is CCNCC(C)C(C)c1cnnn1C. The van der Waals surface area contributed by atoms with Crippen LogP contribution < -0.4 is 5.32 Å². The fourth-order valence-electron chi connectivity index (χ4n) is 1.55. The van der Waals surface area contributed by atoms with Crippen molar-refractivity contribution < 1.29 is 0 Å². The van der Waals surface area contributed by atoms with Crippen LogP contribution in [0, 0.1) is 5.92 Å². The highest BCUT2D eigenvalue weighted by molar-refractivity contribution is 5.02. The first-order valence-corrected chi connectivity index (χ1v) is 5.22. The predicted molar refractivity (Wildman–Crippen MR) is 57.1 cm³/mol. The Morgan fingerprint density at radius 3 is 2.71 bits per heavy atom. The molecule has 1 aromatic rings. The van der Waals surface area contributed by atoms with Crippen LogP contribution in [0.25, 0.3) is 0 Å². The van der Waals surface area contributed by atoms with Gasteiger partial charge in [-0.2, -0.15) is 0 Å². The van der Waals surface area contributed by atoms with Crippen molar-refractivity contribution in [3.05, 3.63) is 11.9 Å². The molecule has 0 aromatic carbocycles. The van der Waals surface area contributed by atoms with Gasteiger partial charge in [0.25, 0.3) is 0 Å². The lowest BCUT2D eigenvalue weighted by Crippen LogP contribution is -2.24. The average molecular weight is 196 g/mol. The maximum absolute atomic E-state index is 3.95. The number of hydrogen-bond donors (Lipinski definition) is 1. The molecule has 0 saturated heterocycles. The molecule has 0 aliphatic heterocycles. The summed E-state index contributed by atoms with van der Waals surface area (Å²) in [5.74, 6) is 1.10. The Labute approximate surface area is 85.7 Å². The van der Waals surface area contributed by atoms with Gasteiger partial charge in [0.15, 0.2) is 0 Å². The highest BCUT2D eigenvalue weighted by Crippen LogP contribution is 2.21. The normalized spacial score (nSPS) is 15.4. The van der Waals surface area contributed by atoms with E-state index in [4.69, 9.17) is 0 Å². The molecule has 14 heavy (non-hydrogen) atoms. The molecule has 1 heterocycles. The van der Waals surface area contributed by atoms with Crippen LogP contribution in [0.4, 0.5) is 0 Å². The minimum atomic E-state index is 0.494. The quantitative estimate of drug-likeness (QED) is 0.768. The lowest BCUT2D eigenvalue weighted by Gasteiger charge is -2.19. The second kappa shape index (κ2) is 5.10. The molecule has 0 saturated carbocycles. The molecular formula is C10H20N4. The van der Waals surface area contributed by atoms with Crippen molar-refractivity contribution in [2.75, 3.05) is 13.1 Å². The van der Waals surface area contributed by atoms with E-state index < -0.39 is 0 Å². The molecule has 0 aliphatic carbocycles. The Balaban J connectivity index is 2.56. The van der Waals surface area contributed by atoms with E-state index in [2.05, 4.69) is 36.4 Å². The molecule has 1 aromatic heterocycles. The van der Waals surface area contributed by atoms with E-state index in [0.29, 0.717) is 11.8 Å². The van der Waals surface area contributed by atoms with E-state index in [-0.39, 0.29) is 0 Å². The summed E-state index contributed by atoms with van der Waals surface area (Å²) in [7, 11) is 1.94. The molecule has 4 heteroatoms. The van der Waals surface area contributed by atoms with Gasteiger partial charge in [0.1, 0.15) is 0 Å². The minimum absolute atomic E-state index is 0.494. The molecule has 0 radical (unpaired) electrons. The molecule has 0 fully saturated rings. The number of hydrogen-bond acceptors (Lipinski definition) is 3. The number of rotatable bonds is 5. The third-order valence-electron chi connectivity index (χ3n) is 2.79. The van der Waals surface area contributed by atoms with Crippen LogP contribution in [0.5, 0.6) is 0 Å². The fraction of sp³-hybridized carbons (Fsp3) is 0.800. The van der Waals surface area contributed by atoms with Crippen LogP contribution in [0.2, 0.25) is 0 Å². The third kappa shape index (κ3) is 2.54. The Morgan fingerprint density at radius 2 is 2.21 bits per heavy atom. The Kier molecular flexibility index (Phi) is 4.07. The maximum Gasteiger partial charge on any atom is 0.0727 e. The van der Waals surface area contributed by atoms with Crippen LogP contribution in [0.1, 0.15) is 32.4 Å². The van der Waals surface area contributed by atoms with E-state index >= 15 is 0 Å². The third-order valence-corrected chi connectivity index (χ3v) is 2.79. The number of aryl methyl sites for hydroxylation is 1. The van der Waals surface area contributed by atoms with Gasteiger partial charge in [-0.3, -0.25) is 4.68 Å². The summed E-state index contributed by atoms with van der Waals surface area (Å²) in [5.41, 5.74) is 1.20. The molecule has 4 nitrogen and oxygen atoms in total. The summed E-state index contributed by atoms with van der Waals surface area (Å²) in [5, 5.41) is 11.2. The molecule has 0 aliphatic rings. The molecule has 0 amide bonds. The van der Waals surface area contributed by atoms with Crippen molar-refractivity contribution in [2.24, 2.45) is 13.0 Å². The highest BCUT2D eigenvalue weighted by Gasteiger charge is 2.17. The summed E-state index contributed by atoms with van der Waals surface area (Å²) in [6.07, 6.45) is 1.85. The van der Waals surface area contributed by atoms with Gasteiger partial charge in [0.05, 0.1) is 11.9 Å². The van der Waals surface area contributed by atoms with Crippen LogP contribution >= 0.6 is 0 Å². The first-order valence-electron chi connectivity index (χ1n) is 5.22. The molecule has 0 bridgehead atoms. The van der Waals surface area contributed by atoms with Crippen molar-refractivity contribution in [2.45, 2.75) is 26.7 Å². The molecule has 2 unspecified atom stereocenters. The summed E-state index contributed by atoms with van der Waals surface area (Å²) < 4.78 is 1.85. The van der Waals surface area contributed by atoms with Crippen molar-refractivity contribution in [3.63, 3.8) is 0 Å². The summed E-state index contributed by atoms with van der Waals surface area (Å²) >= 11 is 0. The minimum Gasteiger partial charge on any atom is -0.317 e. The Hall–Kier alpha value is -0.900. The van der Waals surface area contributed by atoms with E-state index in [1.165, 1.54) is 5.69 Å². The Bertz CT molecular complexity index is 269. The van der Waals surface area contributed by atoms with Crippen LogP contribution in [-0.2, 0) is 7.05 Å². The Morgan fingerprint density at radius 1 is 1.50 bits per heavy atom. The van der Waals surface area contributed by atoms with Crippen LogP contribution in [0.15, 0.2) is 6.20 Å². The second-order valence-corrected chi connectivity index (χ2v) is 3.86. The molecule has 80 valence electrons. The first-order chi connectivity index (χ1) is 6.66. The number of nitrogens with one attached hydrogen (secondary N) is 1. The van der Waals surface area contributed by atoms with Gasteiger partial charge in [-0.05, 0) is 19.0 Å². The highest BCUT2D eigenvalue weighted by atomic mass is 15.4. The fourth-order valence-corrected chi connectivity index (χ4v) is 1.55. The zero-order valence-electron chi connectivity index (χ0n) is 9.49. The van der Waals surface area contributed by atoms with Crippen LogP contribution in [-0.4, -0.2) is 28.1 Å². The monoisotopic (exact) mass is 196 g/mol. The van der Waals surface area contributed by atoms with E-state index in [1.807, 2.05) is 17.9 Å². The van der Waals surface area contributed by atoms with Crippen molar-refractivity contribution in [3.8, 4) is 0 Å². The van der Waals surface area contributed by atoms with Gasteiger partial charge in [-0.1, -0.05) is 26.0 Å². The van der Waals surface area contributed by atoms with E-state index in [1.54, 1.807) is 0 Å². The molecule has 0 spiro atoms. The summed E-state index contributed by atoms with van der Waals surface area (Å²) in [4.78, 5) is 0. The average Bonchev–Trinajstić information content (AvgIpc) is 2.59. The largest absolute Gasteiger partial charge is 0.317 e. The number of aromatic nitrogens is 3. The smallest absolute Gasteiger partial charge is 0.0727 e. The summed E-state index contributed by atoms with van der Waals surface area (Å²) in [6.45, 7) is 8.67. The van der Waals surface area contributed by atoms with Crippen molar-refractivity contribution in [1.29, 1.82) is 0 Å². The molecule has 1 rings (SSSR count). The zero-order chi connectivity index (χ0) is 10.6. The van der Waals surface area contributed by atoms with E-state index in [0.717, 1.165) is 13.1 Å². The van der Waals surface area contributed by atoms with Gasteiger partial charge in [-0.15, -0.1) is 5.10 Å². The topological polar surface area (TPSA) is 42.7 Å². The van der Waals surface area contributed by atoms with Gasteiger partial charge in [-0.25, -0.2) is 0 Å². The van der Waals surface area contributed by atoms with Gasteiger partial charge in [0.2, 0.25) is 0 Å². The number of nitrogens with zero attached hydrogens (tertiary/aromatic N) is 3. The van der Waals surface area contributed by atoms with Gasteiger partial charge in [0, 0.05) is 13.0 Å². The standard InChI is InChI=1S/C10H20N4/c1-5-11-6-8(2)9(3)10-7-12-13-14(10)4/h7-9,11H,5-6H2,1-4H3. The summed E-state index contributed by atoms with van der Waals surface area (Å²) in [6, 6.07) is 0. The predicted octanol–water partition coefficient (Wildman–Crippen LogP) is 1.16. The van der Waals surface area contributed by atoms with Crippen molar-refractivity contribution >= 4 is 0 Å². The second-order valence-electron chi connectivity index (χ2n) is 3.86. The van der Waals surface area contributed by atoms with Crippen LogP contribution in [0.3, 0.4) is 0 Å².